The number of carbonyl (C=O) groups is 1. The number of nitrogens with zero attached hydrogens (tertiary/aromatic N) is 2. The van der Waals surface area contributed by atoms with E-state index in [1.54, 1.807) is 5.51 Å². The first kappa shape index (κ1) is 20.7. The third kappa shape index (κ3) is 5.30. The maximum absolute atomic E-state index is 12.6. The molecule has 0 spiro atoms. The minimum absolute atomic E-state index is 0.108. The van der Waals surface area contributed by atoms with E-state index in [2.05, 4.69) is 26.2 Å². The second kappa shape index (κ2) is 9.48. The lowest BCUT2D eigenvalue weighted by molar-refractivity contribution is -0.385. The van der Waals surface area contributed by atoms with Gasteiger partial charge in [-0.2, -0.15) is 0 Å². The first-order valence-corrected chi connectivity index (χ1v) is 10.1. The molecule has 2 aromatic carbocycles. The van der Waals surface area contributed by atoms with Gasteiger partial charge in [0.25, 0.3) is 11.6 Å². The van der Waals surface area contributed by atoms with Crippen LogP contribution in [-0.2, 0) is 13.2 Å². The molecule has 0 radical (unpaired) electrons. The number of amides is 1. The SMILES string of the molecule is COc1cc(C(=O)NCc2cccc(Br)c2)c([N+](=O)[O-])cc1OCc1cscn1. The summed E-state index contributed by atoms with van der Waals surface area (Å²) in [5.41, 5.74) is 2.73. The van der Waals surface area contributed by atoms with Gasteiger partial charge < -0.3 is 14.8 Å². The molecule has 150 valence electrons. The summed E-state index contributed by atoms with van der Waals surface area (Å²) in [5, 5.41) is 16.0. The van der Waals surface area contributed by atoms with Crippen molar-refractivity contribution in [2.45, 2.75) is 13.2 Å². The van der Waals surface area contributed by atoms with E-state index >= 15 is 0 Å². The van der Waals surface area contributed by atoms with E-state index in [-0.39, 0.29) is 35.9 Å². The predicted molar refractivity (Wildman–Crippen MR) is 111 cm³/mol. The highest BCUT2D eigenvalue weighted by atomic mass is 79.9. The van der Waals surface area contributed by atoms with Crippen molar-refractivity contribution in [1.29, 1.82) is 0 Å². The number of nitrogens with one attached hydrogen (secondary N) is 1. The standard InChI is InChI=1S/C19H16BrN3O5S/c1-27-17-6-15(19(24)21-8-12-3-2-4-13(20)5-12)16(23(25)26)7-18(17)28-9-14-10-29-11-22-14/h2-7,10-11H,8-9H2,1H3,(H,21,24). The topological polar surface area (TPSA) is 104 Å². The van der Waals surface area contributed by atoms with Gasteiger partial charge in [-0.25, -0.2) is 4.98 Å². The Balaban J connectivity index is 1.82. The molecule has 1 aromatic heterocycles. The first-order valence-electron chi connectivity index (χ1n) is 8.37. The number of halogens is 1. The Morgan fingerprint density at radius 3 is 2.79 bits per heavy atom. The minimum atomic E-state index is -0.622. The zero-order valence-corrected chi connectivity index (χ0v) is 17.7. The number of nitro benzene ring substituents is 1. The van der Waals surface area contributed by atoms with Crippen molar-refractivity contribution in [3.05, 3.63) is 78.7 Å². The van der Waals surface area contributed by atoms with Crippen LogP contribution in [0.2, 0.25) is 0 Å². The molecular formula is C19H16BrN3O5S. The average molecular weight is 478 g/mol. The minimum Gasteiger partial charge on any atom is -0.493 e. The summed E-state index contributed by atoms with van der Waals surface area (Å²) >= 11 is 4.78. The summed E-state index contributed by atoms with van der Waals surface area (Å²) in [7, 11) is 1.40. The van der Waals surface area contributed by atoms with E-state index in [9.17, 15) is 14.9 Å². The molecule has 0 fully saturated rings. The van der Waals surface area contributed by atoms with Gasteiger partial charge in [-0.05, 0) is 17.7 Å². The summed E-state index contributed by atoms with van der Waals surface area (Å²) in [4.78, 5) is 27.6. The van der Waals surface area contributed by atoms with Gasteiger partial charge in [-0.1, -0.05) is 28.1 Å². The van der Waals surface area contributed by atoms with Crippen molar-refractivity contribution in [1.82, 2.24) is 10.3 Å². The summed E-state index contributed by atoms with van der Waals surface area (Å²) in [6.07, 6.45) is 0. The Bertz CT molecular complexity index is 1030. The second-order valence-corrected chi connectivity index (χ2v) is 7.49. The molecule has 0 aliphatic heterocycles. The van der Waals surface area contributed by atoms with Gasteiger partial charge in [0, 0.05) is 22.5 Å². The van der Waals surface area contributed by atoms with Crippen LogP contribution in [0.5, 0.6) is 11.5 Å². The molecule has 3 rings (SSSR count). The predicted octanol–water partition coefficient (Wildman–Crippen LogP) is 4.33. The van der Waals surface area contributed by atoms with Crippen LogP contribution in [0.4, 0.5) is 5.69 Å². The van der Waals surface area contributed by atoms with Gasteiger partial charge in [0.15, 0.2) is 11.5 Å². The lowest BCUT2D eigenvalue weighted by atomic mass is 10.1. The maximum atomic E-state index is 12.6. The number of thiazole rings is 1. The maximum Gasteiger partial charge on any atom is 0.286 e. The summed E-state index contributed by atoms with van der Waals surface area (Å²) in [6, 6.07) is 9.90. The summed E-state index contributed by atoms with van der Waals surface area (Å²) in [5.74, 6) is -0.199. The van der Waals surface area contributed by atoms with Crippen molar-refractivity contribution in [2.75, 3.05) is 7.11 Å². The number of hydrogen-bond donors (Lipinski definition) is 1. The molecule has 0 saturated carbocycles. The van der Waals surface area contributed by atoms with Gasteiger partial charge in [0.1, 0.15) is 12.2 Å². The Labute approximate surface area is 178 Å². The monoisotopic (exact) mass is 477 g/mol. The largest absolute Gasteiger partial charge is 0.493 e. The van der Waals surface area contributed by atoms with Crippen LogP contribution < -0.4 is 14.8 Å². The van der Waals surface area contributed by atoms with E-state index in [1.165, 1.54) is 30.6 Å². The Morgan fingerprint density at radius 1 is 1.31 bits per heavy atom. The molecule has 0 unspecified atom stereocenters. The van der Waals surface area contributed by atoms with Crippen molar-refractivity contribution in [2.24, 2.45) is 0 Å². The van der Waals surface area contributed by atoms with Crippen LogP contribution in [-0.4, -0.2) is 22.9 Å². The molecule has 1 amide bonds. The normalized spacial score (nSPS) is 10.4. The highest BCUT2D eigenvalue weighted by Crippen LogP contribution is 2.35. The Morgan fingerprint density at radius 2 is 2.14 bits per heavy atom. The van der Waals surface area contributed by atoms with E-state index in [0.29, 0.717) is 5.69 Å². The molecule has 1 heterocycles. The third-order valence-electron chi connectivity index (χ3n) is 3.92. The Hall–Kier alpha value is -2.98. The van der Waals surface area contributed by atoms with E-state index in [0.717, 1.165) is 10.0 Å². The molecule has 10 heteroatoms. The zero-order valence-electron chi connectivity index (χ0n) is 15.3. The first-order chi connectivity index (χ1) is 14.0. The van der Waals surface area contributed by atoms with Crippen LogP contribution in [0.1, 0.15) is 21.6 Å². The van der Waals surface area contributed by atoms with E-state index < -0.39 is 10.8 Å². The van der Waals surface area contributed by atoms with E-state index in [1.807, 2.05) is 29.6 Å². The molecule has 8 nitrogen and oxygen atoms in total. The van der Waals surface area contributed by atoms with Gasteiger partial charge in [-0.15, -0.1) is 11.3 Å². The number of methoxy groups -OCH3 is 1. The fourth-order valence-corrected chi connectivity index (χ4v) is 3.53. The van der Waals surface area contributed by atoms with Crippen LogP contribution in [0, 0.1) is 10.1 Å². The fraction of sp³-hybridized carbons (Fsp3) is 0.158. The van der Waals surface area contributed by atoms with Crippen LogP contribution in [0.25, 0.3) is 0 Å². The zero-order chi connectivity index (χ0) is 20.8. The number of aromatic nitrogens is 1. The van der Waals surface area contributed by atoms with Crippen molar-refractivity contribution in [3.63, 3.8) is 0 Å². The molecule has 1 N–H and O–H groups in total. The molecule has 0 saturated heterocycles. The smallest absolute Gasteiger partial charge is 0.286 e. The number of hydrogen-bond acceptors (Lipinski definition) is 7. The highest BCUT2D eigenvalue weighted by Gasteiger charge is 2.25. The third-order valence-corrected chi connectivity index (χ3v) is 5.05. The van der Waals surface area contributed by atoms with E-state index in [4.69, 9.17) is 9.47 Å². The van der Waals surface area contributed by atoms with Gasteiger partial charge >= 0.3 is 0 Å². The second-order valence-electron chi connectivity index (χ2n) is 5.86. The number of nitro groups is 1. The lowest BCUT2D eigenvalue weighted by Crippen LogP contribution is -2.24. The van der Waals surface area contributed by atoms with Crippen molar-refractivity contribution in [3.8, 4) is 11.5 Å². The summed E-state index contributed by atoms with van der Waals surface area (Å²) < 4.78 is 11.8. The highest BCUT2D eigenvalue weighted by molar-refractivity contribution is 9.10. The Kier molecular flexibility index (Phi) is 6.78. The van der Waals surface area contributed by atoms with Crippen molar-refractivity contribution < 1.29 is 19.2 Å². The lowest BCUT2D eigenvalue weighted by Gasteiger charge is -2.12. The molecule has 0 bridgehead atoms. The van der Waals surface area contributed by atoms with Crippen LogP contribution in [0.3, 0.4) is 0 Å². The number of rotatable bonds is 8. The van der Waals surface area contributed by atoms with Crippen LogP contribution in [0.15, 0.2) is 51.8 Å². The molecular weight excluding hydrogens is 462 g/mol. The average Bonchev–Trinajstić information content (AvgIpc) is 3.23. The fourth-order valence-electron chi connectivity index (χ4n) is 2.54. The van der Waals surface area contributed by atoms with Gasteiger partial charge in [-0.3, -0.25) is 14.9 Å². The molecule has 3 aromatic rings. The van der Waals surface area contributed by atoms with Gasteiger partial charge in [0.05, 0.1) is 29.3 Å². The molecule has 0 aliphatic rings. The number of carbonyl (C=O) groups excluding carboxylic acids is 1. The number of benzene rings is 2. The van der Waals surface area contributed by atoms with Gasteiger partial charge in [0.2, 0.25) is 0 Å². The summed E-state index contributed by atoms with van der Waals surface area (Å²) in [6.45, 7) is 0.352. The van der Waals surface area contributed by atoms with Crippen molar-refractivity contribution >= 4 is 38.9 Å². The quantitative estimate of drug-likeness (QED) is 0.382. The molecule has 0 atom stereocenters. The molecule has 29 heavy (non-hydrogen) atoms. The number of ether oxygens (including phenoxy) is 2. The molecule has 0 aliphatic carbocycles. The van der Waals surface area contributed by atoms with Crippen LogP contribution >= 0.6 is 27.3 Å².